The molecule has 1 heterocycles. The Morgan fingerprint density at radius 1 is 1.25 bits per heavy atom. The first-order valence-electron chi connectivity index (χ1n) is 8.28. The van der Waals surface area contributed by atoms with Gasteiger partial charge >= 0.3 is 5.97 Å². The molecule has 1 N–H and O–H groups in total. The number of carboxylic acid groups (broad SMARTS) is 1. The lowest BCUT2D eigenvalue weighted by Gasteiger charge is -2.22. The van der Waals surface area contributed by atoms with Gasteiger partial charge in [0.15, 0.2) is 0 Å². The first kappa shape index (κ1) is 19.7. The van der Waals surface area contributed by atoms with Crippen LogP contribution in [0.3, 0.4) is 0 Å². The molecule has 0 radical (unpaired) electrons. The minimum Gasteiger partial charge on any atom is -0.495 e. The summed E-state index contributed by atoms with van der Waals surface area (Å²) in [7, 11) is -2.23. The predicted octanol–water partition coefficient (Wildman–Crippen LogP) is 3.73. The molecular weight excluding hydrogens is 389 g/mol. The second-order valence-corrected chi connectivity index (χ2v) is 7.97. The third kappa shape index (κ3) is 3.40. The van der Waals surface area contributed by atoms with E-state index < -0.39 is 21.8 Å². The van der Waals surface area contributed by atoms with Crippen LogP contribution in [0.25, 0.3) is 22.3 Å². The number of halogens is 1. The number of nitrogens with zero attached hydrogens (tertiary/aromatic N) is 1. The highest BCUT2D eigenvalue weighted by Crippen LogP contribution is 2.40. The Bertz CT molecular complexity index is 1150. The van der Waals surface area contributed by atoms with E-state index in [0.29, 0.717) is 5.56 Å². The van der Waals surface area contributed by atoms with Gasteiger partial charge < -0.3 is 14.3 Å². The van der Waals surface area contributed by atoms with Crippen molar-refractivity contribution in [2.75, 3.05) is 24.2 Å². The van der Waals surface area contributed by atoms with Gasteiger partial charge in [0.2, 0.25) is 10.0 Å². The molecule has 3 rings (SSSR count). The van der Waals surface area contributed by atoms with Crippen molar-refractivity contribution >= 4 is 32.6 Å². The lowest BCUT2D eigenvalue weighted by Crippen LogP contribution is -2.29. The third-order valence-corrected chi connectivity index (χ3v) is 5.52. The number of sulfonamides is 1. The summed E-state index contributed by atoms with van der Waals surface area (Å²) >= 11 is 0. The number of hydrogen-bond acceptors (Lipinski definition) is 5. The fourth-order valence-electron chi connectivity index (χ4n) is 3.07. The average molecular weight is 407 g/mol. The first-order chi connectivity index (χ1) is 13.2. The zero-order valence-corrected chi connectivity index (χ0v) is 16.2. The van der Waals surface area contributed by atoms with Gasteiger partial charge in [-0.1, -0.05) is 0 Å². The van der Waals surface area contributed by atoms with Crippen LogP contribution in [0.15, 0.2) is 40.8 Å². The maximum Gasteiger partial charge on any atom is 0.340 e. The van der Waals surface area contributed by atoms with Gasteiger partial charge in [0.05, 0.1) is 19.1 Å². The molecule has 0 aliphatic rings. The number of aromatic carboxylic acids is 1. The van der Waals surface area contributed by atoms with Crippen LogP contribution in [0.5, 0.6) is 5.75 Å². The SMILES string of the molecule is CCN(c1cc2oc(-c3ccc(F)cc3)c(C(=O)O)c2cc1OC)S(C)(=O)=O. The molecule has 0 saturated heterocycles. The standard InChI is InChI=1S/C19H18FNO6S/c1-4-21(28(3,24)25)14-10-15-13(9-16(14)26-2)17(19(22)23)18(27-15)11-5-7-12(20)8-6-11/h5-10H,4H2,1-3H3,(H,22,23). The van der Waals surface area contributed by atoms with E-state index in [1.807, 2.05) is 0 Å². The van der Waals surface area contributed by atoms with Gasteiger partial charge in [0.25, 0.3) is 0 Å². The quantitative estimate of drug-likeness (QED) is 0.669. The van der Waals surface area contributed by atoms with Crippen LogP contribution in [-0.2, 0) is 10.0 Å². The van der Waals surface area contributed by atoms with Crippen LogP contribution < -0.4 is 9.04 Å². The number of anilines is 1. The van der Waals surface area contributed by atoms with Crippen molar-refractivity contribution in [3.8, 4) is 17.1 Å². The predicted molar refractivity (Wildman–Crippen MR) is 103 cm³/mol. The van der Waals surface area contributed by atoms with Gasteiger partial charge in [-0.25, -0.2) is 17.6 Å². The molecule has 0 amide bonds. The largest absolute Gasteiger partial charge is 0.495 e. The molecule has 3 aromatic rings. The molecule has 0 bridgehead atoms. The van der Waals surface area contributed by atoms with Crippen molar-refractivity contribution in [2.45, 2.75) is 6.92 Å². The fourth-order valence-corrected chi connectivity index (χ4v) is 4.04. The summed E-state index contributed by atoms with van der Waals surface area (Å²) in [5.41, 5.74) is 0.672. The van der Waals surface area contributed by atoms with Gasteiger partial charge in [-0.15, -0.1) is 0 Å². The van der Waals surface area contributed by atoms with Crippen LogP contribution in [0.2, 0.25) is 0 Å². The van der Waals surface area contributed by atoms with E-state index in [2.05, 4.69) is 0 Å². The lowest BCUT2D eigenvalue weighted by atomic mass is 10.0. The second-order valence-electron chi connectivity index (χ2n) is 6.07. The number of fused-ring (bicyclic) bond motifs is 1. The fraction of sp³-hybridized carbons (Fsp3) is 0.211. The molecule has 9 heteroatoms. The van der Waals surface area contributed by atoms with Crippen LogP contribution in [0.4, 0.5) is 10.1 Å². The molecular formula is C19H18FNO6S. The molecule has 0 unspecified atom stereocenters. The van der Waals surface area contributed by atoms with E-state index in [-0.39, 0.29) is 40.3 Å². The van der Waals surface area contributed by atoms with Crippen LogP contribution in [0.1, 0.15) is 17.3 Å². The molecule has 0 atom stereocenters. The topological polar surface area (TPSA) is 97.1 Å². The Morgan fingerprint density at radius 2 is 1.89 bits per heavy atom. The van der Waals surface area contributed by atoms with Crippen molar-refractivity contribution in [3.05, 3.63) is 47.8 Å². The van der Waals surface area contributed by atoms with Gasteiger partial charge in [-0.3, -0.25) is 4.31 Å². The molecule has 0 aliphatic carbocycles. The summed E-state index contributed by atoms with van der Waals surface area (Å²) in [6.45, 7) is 1.82. The normalized spacial score (nSPS) is 11.6. The first-order valence-corrected chi connectivity index (χ1v) is 10.1. The number of rotatable bonds is 6. The number of carboxylic acids is 1. The van der Waals surface area contributed by atoms with Crippen molar-refractivity contribution < 1.29 is 31.9 Å². The number of ether oxygens (including phenoxy) is 1. The monoisotopic (exact) mass is 407 g/mol. The lowest BCUT2D eigenvalue weighted by molar-refractivity contribution is 0.0699. The van der Waals surface area contributed by atoms with E-state index in [1.54, 1.807) is 6.92 Å². The molecule has 0 saturated carbocycles. The van der Waals surface area contributed by atoms with Crippen molar-refractivity contribution in [1.82, 2.24) is 0 Å². The Morgan fingerprint density at radius 3 is 2.39 bits per heavy atom. The van der Waals surface area contributed by atoms with Crippen LogP contribution >= 0.6 is 0 Å². The average Bonchev–Trinajstić information content (AvgIpc) is 2.99. The molecule has 148 valence electrons. The van der Waals surface area contributed by atoms with E-state index in [4.69, 9.17) is 9.15 Å². The van der Waals surface area contributed by atoms with Gasteiger partial charge in [0.1, 0.15) is 28.5 Å². The Balaban J connectivity index is 2.33. The summed E-state index contributed by atoms with van der Waals surface area (Å²) in [5.74, 6) is -1.46. The zero-order chi connectivity index (χ0) is 20.6. The Hall–Kier alpha value is -3.07. The molecule has 28 heavy (non-hydrogen) atoms. The van der Waals surface area contributed by atoms with E-state index in [0.717, 1.165) is 10.6 Å². The minimum absolute atomic E-state index is 0.0455. The number of carbonyl (C=O) groups is 1. The zero-order valence-electron chi connectivity index (χ0n) is 15.4. The van der Waals surface area contributed by atoms with Gasteiger partial charge in [-0.05, 0) is 37.3 Å². The van der Waals surface area contributed by atoms with E-state index in [9.17, 15) is 22.7 Å². The summed E-state index contributed by atoms with van der Waals surface area (Å²) in [4.78, 5) is 11.9. The summed E-state index contributed by atoms with van der Waals surface area (Å²) in [6.07, 6.45) is 1.06. The van der Waals surface area contributed by atoms with Crippen molar-refractivity contribution in [3.63, 3.8) is 0 Å². The Labute approximate surface area is 161 Å². The summed E-state index contributed by atoms with van der Waals surface area (Å²) in [5, 5.41) is 9.95. The number of furan rings is 1. The smallest absolute Gasteiger partial charge is 0.340 e. The van der Waals surface area contributed by atoms with E-state index in [1.165, 1.54) is 43.5 Å². The van der Waals surface area contributed by atoms with E-state index >= 15 is 0 Å². The Kier molecular flexibility index (Phi) is 5.03. The van der Waals surface area contributed by atoms with Crippen LogP contribution in [-0.4, -0.2) is 39.4 Å². The van der Waals surface area contributed by atoms with Crippen LogP contribution in [0, 0.1) is 5.82 Å². The molecule has 0 spiro atoms. The molecule has 7 nitrogen and oxygen atoms in total. The van der Waals surface area contributed by atoms with Crippen molar-refractivity contribution in [1.29, 1.82) is 0 Å². The highest BCUT2D eigenvalue weighted by molar-refractivity contribution is 7.92. The maximum absolute atomic E-state index is 13.2. The second kappa shape index (κ2) is 7.16. The number of methoxy groups -OCH3 is 1. The number of hydrogen-bond donors (Lipinski definition) is 1. The van der Waals surface area contributed by atoms with Gasteiger partial charge in [0, 0.05) is 23.6 Å². The highest BCUT2D eigenvalue weighted by Gasteiger charge is 2.26. The summed E-state index contributed by atoms with van der Waals surface area (Å²) in [6, 6.07) is 8.07. The molecule has 1 aromatic heterocycles. The molecule has 0 aliphatic heterocycles. The molecule has 0 fully saturated rings. The minimum atomic E-state index is -3.59. The highest BCUT2D eigenvalue weighted by atomic mass is 32.2. The van der Waals surface area contributed by atoms with Gasteiger partial charge in [-0.2, -0.15) is 0 Å². The maximum atomic E-state index is 13.2. The number of benzene rings is 2. The third-order valence-electron chi connectivity index (χ3n) is 4.27. The van der Waals surface area contributed by atoms with Crippen molar-refractivity contribution in [2.24, 2.45) is 0 Å². The summed E-state index contributed by atoms with van der Waals surface area (Å²) < 4.78 is 49.6. The molecule has 2 aromatic carbocycles.